The van der Waals surface area contributed by atoms with Gasteiger partial charge in [0.15, 0.2) is 5.75 Å². The molecule has 0 aliphatic rings. The molecule has 0 N–H and O–H groups in total. The molecule has 0 aliphatic heterocycles. The van der Waals surface area contributed by atoms with E-state index in [4.69, 9.17) is 4.18 Å². The normalized spacial score (nSPS) is 11.3. The van der Waals surface area contributed by atoms with Crippen molar-refractivity contribution in [2.24, 2.45) is 0 Å². The molecular weight excluding hydrogens is 356 g/mol. The average molecular weight is 366 g/mol. The van der Waals surface area contributed by atoms with Gasteiger partial charge in [0.1, 0.15) is 17.7 Å². The van der Waals surface area contributed by atoms with Crippen molar-refractivity contribution in [2.45, 2.75) is 5.75 Å². The maximum Gasteiger partial charge on any atom is 0.315 e. The zero-order valence-electron chi connectivity index (χ0n) is 12.0. The number of nitro benzene ring substituents is 1. The number of benzene rings is 1. The predicted octanol–water partition coefficient (Wildman–Crippen LogP) is 3.22. The monoisotopic (exact) mass is 366 g/mol. The van der Waals surface area contributed by atoms with Gasteiger partial charge in [0.05, 0.1) is 4.92 Å². The van der Waals surface area contributed by atoms with E-state index in [0.717, 1.165) is 0 Å². The summed E-state index contributed by atoms with van der Waals surface area (Å²) in [4.78, 5) is 11.1. The van der Waals surface area contributed by atoms with Crippen LogP contribution in [0.3, 0.4) is 0 Å². The van der Waals surface area contributed by atoms with Gasteiger partial charge in [0, 0.05) is 28.6 Å². The molecule has 3 aromatic rings. The number of rotatable bonds is 6. The maximum absolute atomic E-state index is 12.2. The number of non-ortho nitro benzene ring substituents is 1. The quantitative estimate of drug-likeness (QED) is 0.374. The summed E-state index contributed by atoms with van der Waals surface area (Å²) in [5, 5.41) is 16.3. The van der Waals surface area contributed by atoms with Crippen LogP contribution in [0.15, 0.2) is 52.6 Å². The van der Waals surface area contributed by atoms with Crippen molar-refractivity contribution in [3.05, 3.63) is 63.8 Å². The van der Waals surface area contributed by atoms with Gasteiger partial charge >= 0.3 is 10.1 Å². The van der Waals surface area contributed by atoms with Gasteiger partial charge in [0.2, 0.25) is 0 Å². The topological polar surface area (TPSA) is 113 Å². The van der Waals surface area contributed by atoms with Crippen molar-refractivity contribution >= 4 is 27.1 Å². The van der Waals surface area contributed by atoms with Gasteiger partial charge < -0.3 is 8.71 Å². The Bertz CT molecular complexity index is 949. The minimum absolute atomic E-state index is 0.0199. The van der Waals surface area contributed by atoms with Crippen molar-refractivity contribution in [3.63, 3.8) is 0 Å². The number of hydrogen-bond donors (Lipinski definition) is 0. The summed E-state index contributed by atoms with van der Waals surface area (Å²) in [6.07, 6.45) is 1.26. The molecule has 0 spiro atoms. The second-order valence-electron chi connectivity index (χ2n) is 4.69. The Morgan fingerprint density at radius 2 is 2.12 bits per heavy atom. The molecule has 8 nitrogen and oxygen atoms in total. The van der Waals surface area contributed by atoms with Crippen LogP contribution in [0.1, 0.15) is 5.69 Å². The Balaban J connectivity index is 1.96. The fourth-order valence-corrected chi connectivity index (χ4v) is 3.72. The SMILES string of the molecule is O=[N+]([O-])c1ccc(OS(=O)(=O)Cc2ccon2)c(-c2cccs2)c1. The molecule has 2 heterocycles. The summed E-state index contributed by atoms with van der Waals surface area (Å²) in [5.41, 5.74) is 0.386. The highest BCUT2D eigenvalue weighted by Crippen LogP contribution is 2.37. The highest BCUT2D eigenvalue weighted by Gasteiger charge is 2.21. The first kappa shape index (κ1) is 16.1. The molecule has 0 saturated heterocycles. The number of hydrogen-bond acceptors (Lipinski definition) is 8. The van der Waals surface area contributed by atoms with Gasteiger partial charge in [-0.3, -0.25) is 10.1 Å². The van der Waals surface area contributed by atoms with Crippen molar-refractivity contribution in [2.75, 3.05) is 0 Å². The van der Waals surface area contributed by atoms with Crippen LogP contribution in [0.2, 0.25) is 0 Å². The zero-order chi connectivity index (χ0) is 17.2. The number of aromatic nitrogens is 1. The van der Waals surface area contributed by atoms with Gasteiger partial charge in [-0.2, -0.15) is 8.42 Å². The van der Waals surface area contributed by atoms with Gasteiger partial charge in [-0.05, 0) is 17.5 Å². The number of nitrogens with zero attached hydrogens (tertiary/aromatic N) is 2. The molecule has 0 unspecified atom stereocenters. The Morgan fingerprint density at radius 1 is 1.29 bits per heavy atom. The Labute approximate surface area is 140 Å². The van der Waals surface area contributed by atoms with E-state index in [2.05, 4.69) is 9.68 Å². The van der Waals surface area contributed by atoms with Crippen LogP contribution in [0.25, 0.3) is 10.4 Å². The molecule has 3 rings (SSSR count). The number of thiophene rings is 1. The van der Waals surface area contributed by atoms with E-state index in [-0.39, 0.29) is 17.1 Å². The van der Waals surface area contributed by atoms with Gasteiger partial charge in [-0.15, -0.1) is 11.3 Å². The molecule has 0 saturated carbocycles. The summed E-state index contributed by atoms with van der Waals surface area (Å²) in [6, 6.07) is 8.64. The van der Waals surface area contributed by atoms with E-state index >= 15 is 0 Å². The van der Waals surface area contributed by atoms with Crippen molar-refractivity contribution < 1.29 is 22.0 Å². The molecule has 0 fully saturated rings. The summed E-state index contributed by atoms with van der Waals surface area (Å²) in [6.45, 7) is 0. The molecule has 124 valence electrons. The molecular formula is C14H10N2O6S2. The third kappa shape index (κ3) is 3.60. The Morgan fingerprint density at radius 3 is 2.75 bits per heavy atom. The first-order valence-electron chi connectivity index (χ1n) is 6.58. The Kier molecular flexibility index (Phi) is 4.32. The average Bonchev–Trinajstić information content (AvgIpc) is 3.19. The first-order chi connectivity index (χ1) is 11.4. The smallest absolute Gasteiger partial charge is 0.315 e. The largest absolute Gasteiger partial charge is 0.381 e. The molecule has 0 amide bonds. The van der Waals surface area contributed by atoms with E-state index in [1.54, 1.807) is 17.5 Å². The van der Waals surface area contributed by atoms with Crippen LogP contribution in [-0.4, -0.2) is 18.5 Å². The lowest BCUT2D eigenvalue weighted by Crippen LogP contribution is -2.13. The second kappa shape index (κ2) is 6.42. The summed E-state index contributed by atoms with van der Waals surface area (Å²) in [5.74, 6) is -0.448. The van der Waals surface area contributed by atoms with E-state index in [1.807, 2.05) is 0 Å². The van der Waals surface area contributed by atoms with Crippen LogP contribution in [0.5, 0.6) is 5.75 Å². The van der Waals surface area contributed by atoms with Crippen molar-refractivity contribution in [1.82, 2.24) is 5.16 Å². The lowest BCUT2D eigenvalue weighted by atomic mass is 10.1. The van der Waals surface area contributed by atoms with E-state index in [1.165, 1.54) is 41.9 Å². The lowest BCUT2D eigenvalue weighted by molar-refractivity contribution is -0.384. The fraction of sp³-hybridized carbons (Fsp3) is 0.0714. The van der Waals surface area contributed by atoms with E-state index in [0.29, 0.717) is 10.4 Å². The minimum atomic E-state index is -3.99. The van der Waals surface area contributed by atoms with Gasteiger partial charge in [0.25, 0.3) is 5.69 Å². The molecule has 0 atom stereocenters. The minimum Gasteiger partial charge on any atom is -0.381 e. The summed E-state index contributed by atoms with van der Waals surface area (Å²) < 4.78 is 34.1. The van der Waals surface area contributed by atoms with Crippen LogP contribution in [0.4, 0.5) is 5.69 Å². The first-order valence-corrected chi connectivity index (χ1v) is 9.04. The van der Waals surface area contributed by atoms with Crippen LogP contribution < -0.4 is 4.18 Å². The van der Waals surface area contributed by atoms with Crippen molar-refractivity contribution in [1.29, 1.82) is 0 Å². The van der Waals surface area contributed by atoms with Gasteiger partial charge in [-0.25, -0.2) is 0 Å². The van der Waals surface area contributed by atoms with E-state index < -0.39 is 20.8 Å². The molecule has 2 aromatic heterocycles. The summed E-state index contributed by atoms with van der Waals surface area (Å²) >= 11 is 1.32. The van der Waals surface area contributed by atoms with Crippen LogP contribution in [-0.2, 0) is 15.9 Å². The lowest BCUT2D eigenvalue weighted by Gasteiger charge is -2.10. The van der Waals surface area contributed by atoms with Crippen LogP contribution >= 0.6 is 11.3 Å². The molecule has 0 radical (unpaired) electrons. The molecule has 0 aliphatic carbocycles. The molecule has 0 bridgehead atoms. The number of nitro groups is 1. The molecule has 24 heavy (non-hydrogen) atoms. The molecule has 10 heteroatoms. The maximum atomic E-state index is 12.2. The highest BCUT2D eigenvalue weighted by molar-refractivity contribution is 7.86. The van der Waals surface area contributed by atoms with Crippen LogP contribution in [0, 0.1) is 10.1 Å². The van der Waals surface area contributed by atoms with Gasteiger partial charge in [-0.1, -0.05) is 11.2 Å². The Hall–Kier alpha value is -2.72. The van der Waals surface area contributed by atoms with Crippen molar-refractivity contribution in [3.8, 4) is 16.2 Å². The molecule has 1 aromatic carbocycles. The second-order valence-corrected chi connectivity index (χ2v) is 7.21. The highest BCUT2D eigenvalue weighted by atomic mass is 32.2. The zero-order valence-corrected chi connectivity index (χ0v) is 13.6. The third-order valence-electron chi connectivity index (χ3n) is 2.99. The summed E-state index contributed by atoms with van der Waals surface area (Å²) in [7, 11) is -3.99. The third-order valence-corrected chi connectivity index (χ3v) is 4.98. The standard InChI is InChI=1S/C14H10N2O6S2/c17-16(18)11-3-4-13(12(8-11)14-2-1-7-23-14)22-24(19,20)9-10-5-6-21-15-10/h1-8H,9H2. The predicted molar refractivity (Wildman–Crippen MR) is 86.2 cm³/mol. The van der Waals surface area contributed by atoms with E-state index in [9.17, 15) is 18.5 Å². The fourth-order valence-electron chi connectivity index (χ4n) is 1.99.